The van der Waals surface area contributed by atoms with Gasteiger partial charge in [-0.2, -0.15) is 0 Å². The number of amides is 1. The minimum Gasteiger partial charge on any atom is -0.458 e. The summed E-state index contributed by atoms with van der Waals surface area (Å²) in [5, 5.41) is 2.88. The van der Waals surface area contributed by atoms with Gasteiger partial charge in [0.15, 0.2) is 0 Å². The third-order valence-corrected chi connectivity index (χ3v) is 3.25. The van der Waals surface area contributed by atoms with E-state index in [1.165, 1.54) is 0 Å². The van der Waals surface area contributed by atoms with Crippen molar-refractivity contribution in [1.29, 1.82) is 0 Å². The van der Waals surface area contributed by atoms with Gasteiger partial charge in [-0.25, -0.2) is 9.59 Å². The van der Waals surface area contributed by atoms with Crippen LogP contribution < -0.4 is 5.32 Å². The molecule has 0 bridgehead atoms. The number of esters is 1. The molecule has 0 aromatic heterocycles. The van der Waals surface area contributed by atoms with Crippen LogP contribution in [0.15, 0.2) is 0 Å². The summed E-state index contributed by atoms with van der Waals surface area (Å²) in [5.41, 5.74) is -0.979. The molecular weight excluding hydrogens is 298 g/mol. The average molecular weight is 329 g/mol. The minimum absolute atomic E-state index is 0.0217. The number of hydrogen-bond donors (Lipinski definition) is 1. The van der Waals surface area contributed by atoms with Crippen molar-refractivity contribution in [2.24, 2.45) is 0 Å². The fourth-order valence-corrected chi connectivity index (χ4v) is 2.40. The molecule has 1 aliphatic rings. The summed E-state index contributed by atoms with van der Waals surface area (Å²) in [7, 11) is 0. The van der Waals surface area contributed by atoms with Crippen LogP contribution in [0, 0.1) is 0 Å². The largest absolute Gasteiger partial charge is 0.458 e. The quantitative estimate of drug-likeness (QED) is 0.802. The fraction of sp³-hybridized carbons (Fsp3) is 0.882. The van der Waals surface area contributed by atoms with E-state index in [1.54, 1.807) is 0 Å². The molecule has 1 N–H and O–H groups in total. The van der Waals surface area contributed by atoms with E-state index in [1.807, 2.05) is 41.5 Å². The predicted molar refractivity (Wildman–Crippen MR) is 87.2 cm³/mol. The van der Waals surface area contributed by atoms with Gasteiger partial charge in [-0.1, -0.05) is 0 Å². The van der Waals surface area contributed by atoms with E-state index < -0.39 is 11.2 Å². The summed E-state index contributed by atoms with van der Waals surface area (Å²) >= 11 is 0. The van der Waals surface area contributed by atoms with Crippen LogP contribution in [0.25, 0.3) is 0 Å². The minimum atomic E-state index is -0.491. The maximum atomic E-state index is 11.7. The Balaban J connectivity index is 2.23. The van der Waals surface area contributed by atoms with Crippen molar-refractivity contribution in [3.63, 3.8) is 0 Å². The molecule has 0 atom stereocenters. The van der Waals surface area contributed by atoms with Crippen molar-refractivity contribution in [2.45, 2.75) is 90.6 Å². The third-order valence-electron chi connectivity index (χ3n) is 3.25. The van der Waals surface area contributed by atoms with Crippen molar-refractivity contribution in [3.8, 4) is 0 Å². The standard InChI is InChI=1S/C17H31NO5/c1-16(2,3)22-14(19)11-21-13-9-7-12(8-10-13)18-15(20)23-17(4,5)6/h12-13H,7-11H2,1-6H3,(H,18,20)/t12-,13-. The third kappa shape index (κ3) is 9.43. The zero-order valence-corrected chi connectivity index (χ0v) is 15.2. The van der Waals surface area contributed by atoms with Gasteiger partial charge in [0, 0.05) is 6.04 Å². The lowest BCUT2D eigenvalue weighted by Gasteiger charge is -2.30. The topological polar surface area (TPSA) is 73.9 Å². The lowest BCUT2D eigenvalue weighted by Crippen LogP contribution is -2.42. The van der Waals surface area contributed by atoms with Gasteiger partial charge in [0.1, 0.15) is 17.8 Å². The van der Waals surface area contributed by atoms with Crippen molar-refractivity contribution in [1.82, 2.24) is 5.32 Å². The number of hydrogen-bond acceptors (Lipinski definition) is 5. The van der Waals surface area contributed by atoms with E-state index in [-0.39, 0.29) is 30.8 Å². The second-order valence-corrected chi connectivity index (χ2v) is 8.02. The molecular formula is C17H31NO5. The van der Waals surface area contributed by atoms with Gasteiger partial charge in [0.2, 0.25) is 0 Å². The van der Waals surface area contributed by atoms with Crippen molar-refractivity contribution in [2.75, 3.05) is 6.61 Å². The Kier molecular flexibility index (Phi) is 6.86. The molecule has 23 heavy (non-hydrogen) atoms. The Bertz CT molecular complexity index is 400. The van der Waals surface area contributed by atoms with E-state index in [0.717, 1.165) is 25.7 Å². The lowest BCUT2D eigenvalue weighted by atomic mass is 9.93. The number of carbonyl (C=O) groups excluding carboxylic acids is 2. The van der Waals surface area contributed by atoms with Crippen LogP contribution in [-0.4, -0.2) is 42.0 Å². The summed E-state index contributed by atoms with van der Waals surface area (Å²) in [6, 6.07) is 0.103. The Hall–Kier alpha value is -1.30. The lowest BCUT2D eigenvalue weighted by molar-refractivity contribution is -0.162. The molecule has 0 heterocycles. The first-order valence-electron chi connectivity index (χ1n) is 8.27. The molecule has 1 fully saturated rings. The molecule has 0 aliphatic heterocycles. The van der Waals surface area contributed by atoms with Gasteiger partial charge < -0.3 is 19.5 Å². The molecule has 1 aliphatic carbocycles. The number of alkyl carbamates (subject to hydrolysis) is 1. The van der Waals surface area contributed by atoms with Crippen molar-refractivity contribution < 1.29 is 23.8 Å². The average Bonchev–Trinajstić information content (AvgIpc) is 2.33. The van der Waals surface area contributed by atoms with Crippen LogP contribution in [-0.2, 0) is 19.0 Å². The SMILES string of the molecule is CC(C)(C)OC(=O)CO[C@H]1CC[C@H](NC(=O)OC(C)(C)C)CC1. The maximum Gasteiger partial charge on any atom is 0.407 e. The van der Waals surface area contributed by atoms with E-state index in [4.69, 9.17) is 14.2 Å². The Morgan fingerprint density at radius 2 is 1.43 bits per heavy atom. The van der Waals surface area contributed by atoms with Gasteiger partial charge in [0.05, 0.1) is 6.10 Å². The van der Waals surface area contributed by atoms with Crippen LogP contribution in [0.1, 0.15) is 67.2 Å². The van der Waals surface area contributed by atoms with Crippen molar-refractivity contribution >= 4 is 12.1 Å². The first kappa shape index (κ1) is 19.7. The predicted octanol–water partition coefficient (Wildman–Crippen LogP) is 3.18. The fourth-order valence-electron chi connectivity index (χ4n) is 2.40. The zero-order valence-electron chi connectivity index (χ0n) is 15.2. The molecule has 0 spiro atoms. The molecule has 0 aromatic rings. The van der Waals surface area contributed by atoms with E-state index in [0.29, 0.717) is 0 Å². The molecule has 0 aromatic carbocycles. The van der Waals surface area contributed by atoms with Crippen LogP contribution in [0.5, 0.6) is 0 Å². The van der Waals surface area contributed by atoms with E-state index in [2.05, 4.69) is 5.32 Å². The van der Waals surface area contributed by atoms with Crippen molar-refractivity contribution in [3.05, 3.63) is 0 Å². The van der Waals surface area contributed by atoms with Crippen LogP contribution >= 0.6 is 0 Å². The van der Waals surface area contributed by atoms with E-state index >= 15 is 0 Å². The summed E-state index contributed by atoms with van der Waals surface area (Å²) in [6.07, 6.45) is 2.91. The molecule has 0 unspecified atom stereocenters. The Morgan fingerprint density at radius 3 is 1.91 bits per heavy atom. The highest BCUT2D eigenvalue weighted by Crippen LogP contribution is 2.22. The summed E-state index contributed by atoms with van der Waals surface area (Å²) in [5.74, 6) is -0.341. The van der Waals surface area contributed by atoms with Crippen LogP contribution in [0.3, 0.4) is 0 Å². The smallest absolute Gasteiger partial charge is 0.407 e. The molecule has 6 nitrogen and oxygen atoms in total. The second kappa shape index (κ2) is 7.99. The van der Waals surface area contributed by atoms with Crippen LogP contribution in [0.2, 0.25) is 0 Å². The molecule has 0 radical (unpaired) electrons. The highest BCUT2D eigenvalue weighted by molar-refractivity contribution is 5.71. The van der Waals surface area contributed by atoms with E-state index in [9.17, 15) is 9.59 Å². The zero-order chi connectivity index (χ0) is 17.7. The monoisotopic (exact) mass is 329 g/mol. The maximum absolute atomic E-state index is 11.7. The molecule has 0 saturated heterocycles. The molecule has 134 valence electrons. The Labute approximate surface area is 139 Å². The number of nitrogens with one attached hydrogen (secondary N) is 1. The molecule has 1 saturated carbocycles. The van der Waals surface area contributed by atoms with Gasteiger partial charge >= 0.3 is 12.1 Å². The molecule has 1 rings (SSSR count). The summed E-state index contributed by atoms with van der Waals surface area (Å²) < 4.78 is 16.1. The summed E-state index contributed by atoms with van der Waals surface area (Å²) in [6.45, 7) is 11.0. The van der Waals surface area contributed by atoms with Gasteiger partial charge in [-0.15, -0.1) is 0 Å². The molecule has 1 amide bonds. The van der Waals surface area contributed by atoms with Gasteiger partial charge in [-0.3, -0.25) is 0 Å². The highest BCUT2D eigenvalue weighted by Gasteiger charge is 2.26. The number of ether oxygens (including phenoxy) is 3. The van der Waals surface area contributed by atoms with Gasteiger partial charge in [-0.05, 0) is 67.2 Å². The summed E-state index contributed by atoms with van der Waals surface area (Å²) in [4.78, 5) is 23.4. The van der Waals surface area contributed by atoms with Crippen LogP contribution in [0.4, 0.5) is 4.79 Å². The van der Waals surface area contributed by atoms with Gasteiger partial charge in [0.25, 0.3) is 0 Å². The molecule has 6 heteroatoms. The normalized spacial score (nSPS) is 22.3. The first-order chi connectivity index (χ1) is 10.4. The second-order valence-electron chi connectivity index (χ2n) is 8.02. The Morgan fingerprint density at radius 1 is 0.913 bits per heavy atom. The number of rotatable bonds is 4. The number of carbonyl (C=O) groups is 2. The highest BCUT2D eigenvalue weighted by atomic mass is 16.6. The first-order valence-corrected chi connectivity index (χ1v) is 8.27.